The number of carbonyl (C=O) groups is 2. The van der Waals surface area contributed by atoms with E-state index in [4.69, 9.17) is 0 Å². The summed E-state index contributed by atoms with van der Waals surface area (Å²) in [5.41, 5.74) is 3.84. The summed E-state index contributed by atoms with van der Waals surface area (Å²) in [6.45, 7) is 10.6. The van der Waals surface area contributed by atoms with Gasteiger partial charge in [-0.2, -0.15) is 0 Å². The molecule has 0 spiro atoms. The Labute approximate surface area is 258 Å². The molecule has 0 aliphatic heterocycles. The molecule has 1 amide bonds. The molecule has 0 heterocycles. The van der Waals surface area contributed by atoms with E-state index in [1.807, 2.05) is 32.9 Å². The van der Waals surface area contributed by atoms with Crippen LogP contribution in [0.4, 0.5) is 23.2 Å². The molecule has 0 aliphatic carbocycles. The zero-order chi connectivity index (χ0) is 32.8. The molecule has 0 aliphatic rings. The maximum Gasteiger partial charge on any atom is 0.267 e. The Bertz CT molecular complexity index is 1520. The highest BCUT2D eigenvalue weighted by Gasteiger charge is 2.43. The van der Waals surface area contributed by atoms with Gasteiger partial charge in [0.15, 0.2) is 5.78 Å². The van der Waals surface area contributed by atoms with Crippen LogP contribution in [0.15, 0.2) is 60.7 Å². The maximum absolute atomic E-state index is 14.1. The quantitative estimate of drug-likeness (QED) is 0.0878. The monoisotopic (exact) mass is 610 g/mol. The summed E-state index contributed by atoms with van der Waals surface area (Å²) in [4.78, 5) is 26.5. The van der Waals surface area contributed by atoms with Gasteiger partial charge in [-0.1, -0.05) is 38.1 Å². The summed E-state index contributed by atoms with van der Waals surface area (Å²) in [5.74, 6) is -4.38. The fraction of sp³-hybridized carbons (Fsp3) is 0.389. The third-order valence-electron chi connectivity index (χ3n) is 8.10. The van der Waals surface area contributed by atoms with Crippen molar-refractivity contribution in [3.63, 3.8) is 0 Å². The van der Waals surface area contributed by atoms with Crippen LogP contribution in [0.3, 0.4) is 0 Å². The van der Waals surface area contributed by atoms with Gasteiger partial charge < -0.3 is 10.6 Å². The minimum absolute atomic E-state index is 0.0309. The number of ketones is 1. The van der Waals surface area contributed by atoms with Crippen LogP contribution < -0.4 is 10.6 Å². The number of amides is 1. The Morgan fingerprint density at radius 2 is 1.61 bits per heavy atom. The number of hydrogen-bond donors (Lipinski definition) is 2. The fourth-order valence-corrected chi connectivity index (χ4v) is 4.98. The number of nitrogens with one attached hydrogen (secondary N) is 2. The SMILES string of the molecule is CCC(C)/C(=C(/C(C)=O)c1cc(-c2cccc(C(=O)NC(C)(C)C(C)(F)F)c2)c(NCCCF)cc1C)c1ccc(F)cc1. The summed E-state index contributed by atoms with van der Waals surface area (Å²) < 4.78 is 55.1. The molecule has 0 saturated heterocycles. The van der Waals surface area contributed by atoms with Crippen LogP contribution in [0.5, 0.6) is 0 Å². The van der Waals surface area contributed by atoms with Crippen molar-refractivity contribution in [3.05, 3.63) is 88.7 Å². The minimum atomic E-state index is -3.16. The summed E-state index contributed by atoms with van der Waals surface area (Å²) in [6.07, 6.45) is 1.02. The van der Waals surface area contributed by atoms with E-state index in [0.717, 1.165) is 30.0 Å². The number of Topliss-reactive ketones (excluding diaryl/α,β-unsaturated/α-hetero) is 1. The molecule has 0 fully saturated rings. The molecule has 2 N–H and O–H groups in total. The third kappa shape index (κ3) is 7.96. The number of allylic oxidation sites excluding steroid dienone is 2. The number of aryl methyl sites for hydroxylation is 1. The summed E-state index contributed by atoms with van der Waals surface area (Å²) >= 11 is 0. The number of rotatable bonds is 13. The molecule has 1 unspecified atom stereocenters. The lowest BCUT2D eigenvalue weighted by atomic mass is 9.81. The molecule has 0 radical (unpaired) electrons. The molecule has 0 bridgehead atoms. The fourth-order valence-electron chi connectivity index (χ4n) is 4.98. The van der Waals surface area contributed by atoms with Crippen molar-refractivity contribution < 1.29 is 27.2 Å². The Morgan fingerprint density at radius 1 is 0.955 bits per heavy atom. The van der Waals surface area contributed by atoms with Crippen molar-refractivity contribution in [1.82, 2.24) is 5.32 Å². The second-order valence-corrected chi connectivity index (χ2v) is 11.9. The topological polar surface area (TPSA) is 58.2 Å². The normalized spacial score (nSPS) is 13.2. The summed E-state index contributed by atoms with van der Waals surface area (Å²) in [7, 11) is 0. The van der Waals surface area contributed by atoms with E-state index in [-0.39, 0.29) is 29.5 Å². The third-order valence-corrected chi connectivity index (χ3v) is 8.10. The van der Waals surface area contributed by atoms with Gasteiger partial charge in [-0.3, -0.25) is 14.0 Å². The molecule has 8 heteroatoms. The number of hydrogen-bond acceptors (Lipinski definition) is 3. The molecular formula is C36H42F4N2O2. The number of carbonyl (C=O) groups excluding carboxylic acids is 2. The number of anilines is 1. The number of halogens is 4. The first-order chi connectivity index (χ1) is 20.6. The van der Waals surface area contributed by atoms with Crippen LogP contribution in [-0.4, -0.2) is 36.4 Å². The van der Waals surface area contributed by atoms with Crippen molar-refractivity contribution in [1.29, 1.82) is 0 Å². The molecular weight excluding hydrogens is 568 g/mol. The number of benzene rings is 3. The predicted octanol–water partition coefficient (Wildman–Crippen LogP) is 9.28. The van der Waals surface area contributed by atoms with Crippen LogP contribution in [0.2, 0.25) is 0 Å². The standard InChI is InChI=1S/C36H42F4N2O2/c1-8-22(2)32(25-13-15-28(38)16-14-25)33(24(4)43)29-21-30(31(19-23(29)3)41-18-10-17-37)26-11-9-12-27(20-26)34(44)42-35(5,6)36(7,39)40/h9,11-16,19-22,41H,8,10,17-18H2,1-7H3,(H,42,44)/b33-32+. The van der Waals surface area contributed by atoms with E-state index >= 15 is 0 Å². The molecule has 0 aromatic heterocycles. The van der Waals surface area contributed by atoms with Crippen LogP contribution in [0.1, 0.15) is 81.4 Å². The first kappa shape index (κ1) is 34.5. The second kappa shape index (κ2) is 14.2. The van der Waals surface area contributed by atoms with Gasteiger partial charge in [0, 0.05) is 35.9 Å². The van der Waals surface area contributed by atoms with E-state index in [1.54, 1.807) is 36.4 Å². The molecule has 0 saturated carbocycles. The van der Waals surface area contributed by atoms with Crippen molar-refractivity contribution in [2.45, 2.75) is 72.8 Å². The lowest BCUT2D eigenvalue weighted by Crippen LogP contribution is -2.54. The van der Waals surface area contributed by atoms with Gasteiger partial charge in [0.25, 0.3) is 11.8 Å². The van der Waals surface area contributed by atoms with Gasteiger partial charge in [-0.15, -0.1) is 0 Å². The molecule has 1 atom stereocenters. The van der Waals surface area contributed by atoms with Gasteiger partial charge in [0.1, 0.15) is 5.82 Å². The van der Waals surface area contributed by atoms with Gasteiger partial charge in [0.05, 0.1) is 12.2 Å². The maximum atomic E-state index is 14.1. The van der Waals surface area contributed by atoms with Gasteiger partial charge in [-0.05, 0) is 111 Å². The lowest BCUT2D eigenvalue weighted by molar-refractivity contribution is -0.111. The smallest absolute Gasteiger partial charge is 0.267 e. The summed E-state index contributed by atoms with van der Waals surface area (Å²) in [6, 6.07) is 16.5. The Hall–Kier alpha value is -3.94. The minimum Gasteiger partial charge on any atom is -0.384 e. The number of alkyl halides is 3. The van der Waals surface area contributed by atoms with Gasteiger partial charge in [0.2, 0.25) is 0 Å². The van der Waals surface area contributed by atoms with Crippen molar-refractivity contribution in [2.24, 2.45) is 5.92 Å². The van der Waals surface area contributed by atoms with E-state index in [1.165, 1.54) is 32.9 Å². The van der Waals surface area contributed by atoms with Crippen LogP contribution in [0, 0.1) is 18.7 Å². The van der Waals surface area contributed by atoms with Gasteiger partial charge >= 0.3 is 0 Å². The summed E-state index contributed by atoms with van der Waals surface area (Å²) in [5, 5.41) is 5.71. The lowest BCUT2D eigenvalue weighted by Gasteiger charge is -2.32. The molecule has 3 aromatic rings. The highest BCUT2D eigenvalue weighted by Crippen LogP contribution is 2.40. The first-order valence-electron chi connectivity index (χ1n) is 14.9. The Kier molecular flexibility index (Phi) is 11.2. The van der Waals surface area contributed by atoms with Crippen molar-refractivity contribution in [2.75, 3.05) is 18.5 Å². The molecule has 3 aromatic carbocycles. The Balaban J connectivity index is 2.28. The van der Waals surface area contributed by atoms with E-state index in [9.17, 15) is 27.2 Å². The van der Waals surface area contributed by atoms with Crippen molar-refractivity contribution in [3.8, 4) is 11.1 Å². The van der Waals surface area contributed by atoms with E-state index in [0.29, 0.717) is 34.5 Å². The zero-order valence-electron chi connectivity index (χ0n) is 26.5. The largest absolute Gasteiger partial charge is 0.384 e. The molecule has 3 rings (SSSR count). The van der Waals surface area contributed by atoms with E-state index < -0.39 is 24.0 Å². The Morgan fingerprint density at radius 3 is 2.18 bits per heavy atom. The molecule has 44 heavy (non-hydrogen) atoms. The first-order valence-corrected chi connectivity index (χ1v) is 14.9. The van der Waals surface area contributed by atoms with Crippen LogP contribution in [-0.2, 0) is 4.79 Å². The predicted molar refractivity (Wildman–Crippen MR) is 171 cm³/mol. The van der Waals surface area contributed by atoms with Crippen molar-refractivity contribution >= 4 is 28.5 Å². The van der Waals surface area contributed by atoms with Crippen LogP contribution >= 0.6 is 0 Å². The van der Waals surface area contributed by atoms with Gasteiger partial charge in [-0.25, -0.2) is 13.2 Å². The second-order valence-electron chi connectivity index (χ2n) is 11.9. The highest BCUT2D eigenvalue weighted by molar-refractivity contribution is 6.27. The van der Waals surface area contributed by atoms with E-state index in [2.05, 4.69) is 10.6 Å². The molecule has 236 valence electrons. The average Bonchev–Trinajstić information content (AvgIpc) is 2.96. The average molecular weight is 611 g/mol. The highest BCUT2D eigenvalue weighted by atomic mass is 19.3. The zero-order valence-corrected chi connectivity index (χ0v) is 26.5. The van der Waals surface area contributed by atoms with Crippen LogP contribution in [0.25, 0.3) is 22.3 Å². The molecule has 4 nitrogen and oxygen atoms in total.